The minimum Gasteiger partial charge on any atom is -0.368 e. The zero-order valence-electron chi connectivity index (χ0n) is 10.3. The van der Waals surface area contributed by atoms with E-state index in [2.05, 4.69) is 0 Å². The number of rotatable bonds is 6. The third kappa shape index (κ3) is 4.62. The van der Waals surface area contributed by atoms with Gasteiger partial charge in [-0.3, -0.25) is 9.69 Å². The maximum Gasteiger partial charge on any atom is 0.288 e. The zero-order valence-corrected chi connectivity index (χ0v) is 11.1. The van der Waals surface area contributed by atoms with Crippen molar-refractivity contribution >= 4 is 17.7 Å². The molecular weight excluding hydrogens is 258 g/mol. The average molecular weight is 274 g/mol. The summed E-state index contributed by atoms with van der Waals surface area (Å²) in [5, 5.41) is 0. The molecule has 0 aliphatic carbocycles. The first kappa shape index (κ1) is 14.9. The molecule has 100 valence electrons. The van der Waals surface area contributed by atoms with Crippen molar-refractivity contribution in [1.82, 2.24) is 4.90 Å². The lowest BCUT2D eigenvalue weighted by Gasteiger charge is -2.21. The van der Waals surface area contributed by atoms with Gasteiger partial charge in [0.05, 0.1) is 6.04 Å². The fourth-order valence-corrected chi connectivity index (χ4v) is 1.92. The van der Waals surface area contributed by atoms with Gasteiger partial charge in [-0.2, -0.15) is 8.78 Å². The van der Waals surface area contributed by atoms with Gasteiger partial charge in [-0.1, -0.05) is 23.9 Å². The van der Waals surface area contributed by atoms with Gasteiger partial charge in [0.2, 0.25) is 5.91 Å². The van der Waals surface area contributed by atoms with Crippen LogP contribution in [-0.4, -0.2) is 29.7 Å². The second kappa shape index (κ2) is 6.70. The summed E-state index contributed by atoms with van der Waals surface area (Å²) in [7, 11) is 1.79. The van der Waals surface area contributed by atoms with Crippen molar-refractivity contribution in [2.45, 2.75) is 30.2 Å². The molecule has 0 bridgehead atoms. The van der Waals surface area contributed by atoms with Gasteiger partial charge in [-0.05, 0) is 31.7 Å². The van der Waals surface area contributed by atoms with Crippen molar-refractivity contribution in [3.63, 3.8) is 0 Å². The number of hydrogen-bond donors (Lipinski definition) is 1. The van der Waals surface area contributed by atoms with E-state index < -0.39 is 5.76 Å². The first-order valence-electron chi connectivity index (χ1n) is 5.43. The third-order valence-corrected chi connectivity index (χ3v) is 3.38. The zero-order chi connectivity index (χ0) is 13.7. The Morgan fingerprint density at radius 2 is 1.94 bits per heavy atom. The second-order valence-corrected chi connectivity index (χ2v) is 5.08. The van der Waals surface area contributed by atoms with Crippen LogP contribution < -0.4 is 5.73 Å². The SMILES string of the molecule is CC(C(N)=O)N(C)Cc1ccc(SC(F)F)cc1. The number of benzene rings is 1. The summed E-state index contributed by atoms with van der Waals surface area (Å²) in [5.74, 6) is -2.80. The van der Waals surface area contributed by atoms with E-state index in [0.29, 0.717) is 23.2 Å². The number of carbonyl (C=O) groups is 1. The normalized spacial score (nSPS) is 13.0. The number of nitrogens with two attached hydrogens (primary N) is 1. The predicted molar refractivity (Wildman–Crippen MR) is 68.4 cm³/mol. The second-order valence-electron chi connectivity index (χ2n) is 4.02. The summed E-state index contributed by atoms with van der Waals surface area (Å²) in [4.78, 5) is 13.3. The number of halogens is 2. The largest absolute Gasteiger partial charge is 0.368 e. The van der Waals surface area contributed by atoms with Crippen molar-refractivity contribution in [3.8, 4) is 0 Å². The molecule has 0 aromatic heterocycles. The fraction of sp³-hybridized carbons (Fsp3) is 0.417. The molecule has 1 aromatic carbocycles. The van der Waals surface area contributed by atoms with Gasteiger partial charge in [0.1, 0.15) is 0 Å². The highest BCUT2D eigenvalue weighted by molar-refractivity contribution is 7.99. The van der Waals surface area contributed by atoms with Crippen LogP contribution >= 0.6 is 11.8 Å². The molecule has 0 radical (unpaired) electrons. The molecule has 18 heavy (non-hydrogen) atoms. The van der Waals surface area contributed by atoms with Crippen molar-refractivity contribution in [2.75, 3.05) is 7.05 Å². The van der Waals surface area contributed by atoms with Gasteiger partial charge in [0.15, 0.2) is 0 Å². The molecule has 1 atom stereocenters. The van der Waals surface area contributed by atoms with Crippen molar-refractivity contribution in [2.24, 2.45) is 5.73 Å². The van der Waals surface area contributed by atoms with Crippen LogP contribution in [0, 0.1) is 0 Å². The van der Waals surface area contributed by atoms with E-state index in [4.69, 9.17) is 5.73 Å². The summed E-state index contributed by atoms with van der Waals surface area (Å²) >= 11 is 0.516. The monoisotopic (exact) mass is 274 g/mol. The molecule has 1 rings (SSSR count). The van der Waals surface area contributed by atoms with Gasteiger partial charge < -0.3 is 5.73 Å². The smallest absolute Gasteiger partial charge is 0.288 e. The summed E-state index contributed by atoms with van der Waals surface area (Å²) in [6.45, 7) is 2.27. The first-order valence-corrected chi connectivity index (χ1v) is 6.31. The van der Waals surface area contributed by atoms with Crippen molar-refractivity contribution < 1.29 is 13.6 Å². The predicted octanol–water partition coefficient (Wildman–Crippen LogP) is 2.31. The maximum atomic E-state index is 12.1. The van der Waals surface area contributed by atoms with Crippen LogP contribution in [0.5, 0.6) is 0 Å². The summed E-state index contributed by atoms with van der Waals surface area (Å²) in [6, 6.07) is 6.48. The standard InChI is InChI=1S/C12H16F2N2OS/c1-8(11(15)17)16(2)7-9-3-5-10(6-4-9)18-12(13)14/h3-6,8,12H,7H2,1-2H3,(H2,15,17). The lowest BCUT2D eigenvalue weighted by Crippen LogP contribution is -2.39. The van der Waals surface area contributed by atoms with Crippen LogP contribution in [0.2, 0.25) is 0 Å². The highest BCUT2D eigenvalue weighted by Gasteiger charge is 2.14. The summed E-state index contributed by atoms with van der Waals surface area (Å²) in [6.07, 6.45) is 0. The molecule has 1 aromatic rings. The molecule has 1 unspecified atom stereocenters. The number of hydrogen-bond acceptors (Lipinski definition) is 3. The quantitative estimate of drug-likeness (QED) is 0.810. The molecule has 2 N–H and O–H groups in total. The van der Waals surface area contributed by atoms with Crippen LogP contribution in [0.15, 0.2) is 29.2 Å². The highest BCUT2D eigenvalue weighted by Crippen LogP contribution is 2.25. The molecule has 0 fully saturated rings. The topological polar surface area (TPSA) is 46.3 Å². The average Bonchev–Trinajstić information content (AvgIpc) is 2.29. The minimum absolute atomic E-state index is 0.361. The van der Waals surface area contributed by atoms with Gasteiger partial charge in [-0.25, -0.2) is 0 Å². The molecular formula is C12H16F2N2OS. The van der Waals surface area contributed by atoms with Crippen LogP contribution in [0.25, 0.3) is 0 Å². The molecule has 1 amide bonds. The highest BCUT2D eigenvalue weighted by atomic mass is 32.2. The van der Waals surface area contributed by atoms with Crippen LogP contribution in [-0.2, 0) is 11.3 Å². The number of nitrogens with zero attached hydrogens (tertiary/aromatic N) is 1. The van der Waals surface area contributed by atoms with Crippen LogP contribution in [0.4, 0.5) is 8.78 Å². The molecule has 0 saturated carbocycles. The summed E-state index contributed by atoms with van der Waals surface area (Å²) in [5.41, 5.74) is 6.15. The van der Waals surface area contributed by atoms with E-state index in [1.165, 1.54) is 0 Å². The van der Waals surface area contributed by atoms with E-state index >= 15 is 0 Å². The van der Waals surface area contributed by atoms with Gasteiger partial charge in [0.25, 0.3) is 5.76 Å². The minimum atomic E-state index is -2.41. The summed E-state index contributed by atoms with van der Waals surface area (Å²) < 4.78 is 24.3. The van der Waals surface area contributed by atoms with E-state index in [1.54, 1.807) is 43.1 Å². The molecule has 0 spiro atoms. The molecule has 6 heteroatoms. The third-order valence-electron chi connectivity index (χ3n) is 2.65. The van der Waals surface area contributed by atoms with Crippen molar-refractivity contribution in [3.05, 3.63) is 29.8 Å². The number of alkyl halides is 2. The number of likely N-dealkylation sites (N-methyl/N-ethyl adjacent to an activating group) is 1. The molecule has 0 saturated heterocycles. The first-order chi connectivity index (χ1) is 8.40. The lowest BCUT2D eigenvalue weighted by atomic mass is 10.2. The van der Waals surface area contributed by atoms with E-state index in [1.807, 2.05) is 0 Å². The van der Waals surface area contributed by atoms with Gasteiger partial charge in [-0.15, -0.1) is 0 Å². The molecule has 0 aliphatic rings. The van der Waals surface area contributed by atoms with E-state index in [9.17, 15) is 13.6 Å². The number of amides is 1. The Kier molecular flexibility index (Phi) is 5.55. The Morgan fingerprint density at radius 3 is 2.39 bits per heavy atom. The van der Waals surface area contributed by atoms with Gasteiger partial charge in [0, 0.05) is 11.4 Å². The van der Waals surface area contributed by atoms with E-state index in [0.717, 1.165) is 5.56 Å². The molecule has 0 heterocycles. The lowest BCUT2D eigenvalue weighted by molar-refractivity contribution is -0.122. The Morgan fingerprint density at radius 1 is 1.39 bits per heavy atom. The van der Waals surface area contributed by atoms with Crippen LogP contribution in [0.3, 0.4) is 0 Å². The number of carbonyl (C=O) groups excluding carboxylic acids is 1. The fourth-order valence-electron chi connectivity index (χ4n) is 1.42. The Labute approximate surface area is 109 Å². The number of thioether (sulfide) groups is 1. The molecule has 3 nitrogen and oxygen atoms in total. The Hall–Kier alpha value is -1.14. The Balaban J connectivity index is 2.60. The van der Waals surface area contributed by atoms with Crippen molar-refractivity contribution in [1.29, 1.82) is 0 Å². The van der Waals surface area contributed by atoms with Crippen LogP contribution in [0.1, 0.15) is 12.5 Å². The molecule has 0 aliphatic heterocycles. The maximum absolute atomic E-state index is 12.1. The van der Waals surface area contributed by atoms with Gasteiger partial charge >= 0.3 is 0 Å². The number of primary amides is 1. The Bertz CT molecular complexity index is 398. The van der Waals surface area contributed by atoms with E-state index in [-0.39, 0.29) is 11.9 Å².